The van der Waals surface area contributed by atoms with Crippen molar-refractivity contribution in [1.29, 1.82) is 0 Å². The summed E-state index contributed by atoms with van der Waals surface area (Å²) in [7, 11) is 0. The van der Waals surface area contributed by atoms with Gasteiger partial charge in [0.1, 0.15) is 17.2 Å². The fraction of sp³-hybridized carbons (Fsp3) is 0.562. The van der Waals surface area contributed by atoms with Crippen molar-refractivity contribution in [1.82, 2.24) is 5.32 Å². The van der Waals surface area contributed by atoms with Crippen molar-refractivity contribution < 1.29 is 23.4 Å². The SMILES string of the molecule is CC(CO)(CNC(=O)OC(C)(C)C)Cc1cc(F)cc(F)c1. The predicted octanol–water partition coefficient (Wildman–Crippen LogP) is 3.03. The first kappa shape index (κ1) is 18.4. The first-order valence-electron chi connectivity index (χ1n) is 7.06. The number of alkyl carbamates (subject to hydrolysis) is 1. The van der Waals surface area contributed by atoms with Gasteiger partial charge in [-0.15, -0.1) is 0 Å². The van der Waals surface area contributed by atoms with E-state index in [9.17, 15) is 18.7 Å². The van der Waals surface area contributed by atoms with Crippen molar-refractivity contribution in [3.63, 3.8) is 0 Å². The number of hydrogen-bond acceptors (Lipinski definition) is 3. The van der Waals surface area contributed by atoms with Gasteiger partial charge in [0.2, 0.25) is 0 Å². The summed E-state index contributed by atoms with van der Waals surface area (Å²) in [4.78, 5) is 11.6. The van der Waals surface area contributed by atoms with E-state index in [-0.39, 0.29) is 19.6 Å². The first-order chi connectivity index (χ1) is 10.0. The molecule has 4 nitrogen and oxygen atoms in total. The van der Waals surface area contributed by atoms with E-state index in [2.05, 4.69) is 5.32 Å². The van der Waals surface area contributed by atoms with Crippen LogP contribution >= 0.6 is 0 Å². The molecule has 22 heavy (non-hydrogen) atoms. The molecular formula is C16H23F2NO3. The lowest BCUT2D eigenvalue weighted by Gasteiger charge is -2.28. The second-order valence-corrected chi connectivity index (χ2v) is 6.78. The largest absolute Gasteiger partial charge is 0.444 e. The molecule has 0 aromatic heterocycles. The highest BCUT2D eigenvalue weighted by atomic mass is 19.1. The number of nitrogens with one attached hydrogen (secondary N) is 1. The second kappa shape index (κ2) is 7.05. The van der Waals surface area contributed by atoms with Crippen LogP contribution in [0.2, 0.25) is 0 Å². The maximum atomic E-state index is 13.2. The van der Waals surface area contributed by atoms with Crippen LogP contribution in [0.3, 0.4) is 0 Å². The van der Waals surface area contributed by atoms with Crippen molar-refractivity contribution in [2.45, 2.75) is 39.7 Å². The molecule has 0 radical (unpaired) electrons. The summed E-state index contributed by atoms with van der Waals surface area (Å²) in [5.41, 5.74) is -0.956. The number of amides is 1. The fourth-order valence-electron chi connectivity index (χ4n) is 1.98. The molecule has 0 aliphatic rings. The minimum absolute atomic E-state index is 0.122. The quantitative estimate of drug-likeness (QED) is 0.878. The van der Waals surface area contributed by atoms with Gasteiger partial charge < -0.3 is 15.2 Å². The van der Waals surface area contributed by atoms with E-state index >= 15 is 0 Å². The number of carbonyl (C=O) groups excluding carboxylic acids is 1. The van der Waals surface area contributed by atoms with E-state index in [4.69, 9.17) is 4.74 Å². The summed E-state index contributed by atoms with van der Waals surface area (Å²) >= 11 is 0. The summed E-state index contributed by atoms with van der Waals surface area (Å²) in [6.45, 7) is 6.82. The Balaban J connectivity index is 2.69. The average Bonchev–Trinajstić information content (AvgIpc) is 2.33. The third-order valence-corrected chi connectivity index (χ3v) is 2.99. The van der Waals surface area contributed by atoms with Crippen LogP contribution in [0, 0.1) is 17.0 Å². The molecule has 0 heterocycles. The van der Waals surface area contributed by atoms with E-state index < -0.39 is 28.7 Å². The number of hydrogen-bond donors (Lipinski definition) is 2. The topological polar surface area (TPSA) is 58.6 Å². The summed E-state index contributed by atoms with van der Waals surface area (Å²) < 4.78 is 31.5. The third-order valence-electron chi connectivity index (χ3n) is 2.99. The molecule has 1 aromatic rings. The van der Waals surface area contributed by atoms with E-state index in [1.165, 1.54) is 12.1 Å². The van der Waals surface area contributed by atoms with E-state index in [1.807, 2.05) is 0 Å². The Hall–Kier alpha value is -1.69. The number of aliphatic hydroxyl groups is 1. The molecule has 1 unspecified atom stereocenters. The second-order valence-electron chi connectivity index (χ2n) is 6.78. The summed E-state index contributed by atoms with van der Waals surface area (Å²) in [6.07, 6.45) is -0.383. The molecule has 0 aliphatic carbocycles. The van der Waals surface area contributed by atoms with Crippen LogP contribution in [0.25, 0.3) is 0 Å². The predicted molar refractivity (Wildman–Crippen MR) is 79.5 cm³/mol. The lowest BCUT2D eigenvalue weighted by Crippen LogP contribution is -2.41. The molecule has 0 saturated heterocycles. The van der Waals surface area contributed by atoms with Crippen LogP contribution in [0.1, 0.15) is 33.3 Å². The molecule has 2 N–H and O–H groups in total. The fourth-order valence-corrected chi connectivity index (χ4v) is 1.98. The van der Waals surface area contributed by atoms with Crippen LogP contribution in [0.5, 0.6) is 0 Å². The Kier molecular flexibility index (Phi) is 5.88. The Morgan fingerprint density at radius 1 is 1.18 bits per heavy atom. The van der Waals surface area contributed by atoms with Gasteiger partial charge in [-0.1, -0.05) is 6.92 Å². The van der Waals surface area contributed by atoms with Gasteiger partial charge in [0.05, 0.1) is 6.61 Å². The molecule has 0 spiro atoms. The van der Waals surface area contributed by atoms with Crippen molar-refractivity contribution in [2.75, 3.05) is 13.2 Å². The third kappa shape index (κ3) is 6.39. The Bertz CT molecular complexity index is 508. The van der Waals surface area contributed by atoms with E-state index in [0.717, 1.165) is 6.07 Å². The average molecular weight is 315 g/mol. The van der Waals surface area contributed by atoms with Gasteiger partial charge in [-0.2, -0.15) is 0 Å². The minimum Gasteiger partial charge on any atom is -0.444 e. The Labute approximate surface area is 129 Å². The van der Waals surface area contributed by atoms with E-state index in [1.54, 1.807) is 27.7 Å². The minimum atomic E-state index is -0.753. The molecule has 1 aromatic carbocycles. The first-order valence-corrected chi connectivity index (χ1v) is 7.06. The van der Waals surface area contributed by atoms with Crippen molar-refractivity contribution in [3.8, 4) is 0 Å². The molecule has 1 rings (SSSR count). The van der Waals surface area contributed by atoms with Gasteiger partial charge in [-0.05, 0) is 44.9 Å². The highest BCUT2D eigenvalue weighted by Gasteiger charge is 2.26. The standard InChI is InChI=1S/C16H23F2NO3/c1-15(2,3)22-14(21)19-9-16(4,10-20)8-11-5-12(17)7-13(18)6-11/h5-7,20H,8-10H2,1-4H3,(H,19,21). The van der Waals surface area contributed by atoms with Crippen LogP contribution in [0.15, 0.2) is 18.2 Å². The van der Waals surface area contributed by atoms with Gasteiger partial charge >= 0.3 is 6.09 Å². The number of rotatable bonds is 5. The molecule has 124 valence electrons. The van der Waals surface area contributed by atoms with Crippen LogP contribution in [-0.2, 0) is 11.2 Å². The maximum Gasteiger partial charge on any atom is 0.407 e. The van der Waals surface area contributed by atoms with Crippen molar-refractivity contribution in [3.05, 3.63) is 35.4 Å². The van der Waals surface area contributed by atoms with Gasteiger partial charge in [-0.3, -0.25) is 0 Å². The zero-order valence-electron chi connectivity index (χ0n) is 13.4. The Morgan fingerprint density at radius 2 is 1.73 bits per heavy atom. The molecule has 0 bridgehead atoms. The Morgan fingerprint density at radius 3 is 2.18 bits per heavy atom. The van der Waals surface area contributed by atoms with Crippen LogP contribution in [0.4, 0.5) is 13.6 Å². The summed E-state index contributed by atoms with van der Waals surface area (Å²) in [6, 6.07) is 3.22. The number of halogens is 2. The van der Waals surface area contributed by atoms with Crippen LogP contribution < -0.4 is 5.32 Å². The number of aliphatic hydroxyl groups excluding tert-OH is 1. The molecule has 1 atom stereocenters. The lowest BCUT2D eigenvalue weighted by molar-refractivity contribution is 0.0478. The van der Waals surface area contributed by atoms with Gasteiger partial charge in [-0.25, -0.2) is 13.6 Å². The van der Waals surface area contributed by atoms with Crippen molar-refractivity contribution >= 4 is 6.09 Å². The summed E-state index contributed by atoms with van der Waals surface area (Å²) in [5.74, 6) is -1.34. The molecule has 0 saturated carbocycles. The molecule has 6 heteroatoms. The normalized spacial score (nSPS) is 14.3. The zero-order chi connectivity index (χ0) is 17.0. The van der Waals surface area contributed by atoms with Gasteiger partial charge in [0.25, 0.3) is 0 Å². The molecule has 0 fully saturated rings. The number of carbonyl (C=O) groups is 1. The monoisotopic (exact) mass is 315 g/mol. The highest BCUT2D eigenvalue weighted by Crippen LogP contribution is 2.23. The summed E-state index contributed by atoms with van der Waals surface area (Å²) in [5, 5.41) is 12.1. The van der Waals surface area contributed by atoms with Crippen molar-refractivity contribution in [2.24, 2.45) is 5.41 Å². The zero-order valence-corrected chi connectivity index (χ0v) is 13.4. The van der Waals surface area contributed by atoms with Gasteiger partial charge in [0.15, 0.2) is 0 Å². The number of benzene rings is 1. The molecule has 0 aliphatic heterocycles. The van der Waals surface area contributed by atoms with Crippen LogP contribution in [-0.4, -0.2) is 30.0 Å². The highest BCUT2D eigenvalue weighted by molar-refractivity contribution is 5.67. The maximum absolute atomic E-state index is 13.2. The molecule has 1 amide bonds. The molecular weight excluding hydrogens is 292 g/mol. The van der Waals surface area contributed by atoms with E-state index in [0.29, 0.717) is 5.56 Å². The number of ether oxygens (including phenoxy) is 1. The van der Waals surface area contributed by atoms with Gasteiger partial charge in [0, 0.05) is 18.0 Å². The lowest BCUT2D eigenvalue weighted by atomic mass is 9.84. The smallest absolute Gasteiger partial charge is 0.407 e.